The highest BCUT2D eigenvalue weighted by atomic mass is 35.5. The molecule has 0 saturated carbocycles. The molecule has 1 N–H and O–H groups in total. The molecule has 1 fully saturated rings. The van der Waals surface area contributed by atoms with Gasteiger partial charge in [0.15, 0.2) is 0 Å². The second-order valence-electron chi connectivity index (χ2n) is 6.01. The average Bonchev–Trinajstić information content (AvgIpc) is 2.52. The minimum absolute atomic E-state index is 0.364. The van der Waals surface area contributed by atoms with Gasteiger partial charge in [-0.1, -0.05) is 50.1 Å². The zero-order valence-electron chi connectivity index (χ0n) is 13.4. The number of nitrogens with zero attached hydrogens (tertiary/aromatic N) is 1. The lowest BCUT2D eigenvalue weighted by Gasteiger charge is -2.36. The van der Waals surface area contributed by atoms with E-state index in [9.17, 15) is 0 Å². The van der Waals surface area contributed by atoms with Crippen LogP contribution in [0.4, 0.5) is 0 Å². The molecule has 0 aromatic heterocycles. The van der Waals surface area contributed by atoms with Crippen LogP contribution < -0.4 is 5.32 Å². The lowest BCUT2D eigenvalue weighted by Crippen LogP contribution is -2.40. The van der Waals surface area contributed by atoms with Crippen molar-refractivity contribution in [3.63, 3.8) is 0 Å². The van der Waals surface area contributed by atoms with E-state index in [0.717, 1.165) is 24.0 Å². The molecule has 21 heavy (non-hydrogen) atoms. The minimum atomic E-state index is 0.364. The van der Waals surface area contributed by atoms with E-state index >= 15 is 0 Å². The molecule has 2 rings (SSSR count). The third kappa shape index (κ3) is 4.70. The lowest BCUT2D eigenvalue weighted by molar-refractivity contribution is 0.137. The number of benzene rings is 1. The largest absolute Gasteiger partial charge is 0.310 e. The molecule has 118 valence electrons. The standard InChI is InChI=1S/C18H29ClN2/c1-3-15-9-7-8-13-21(15)14-12-18(20-4-2)16-10-5-6-11-17(16)19/h5-6,10-11,15,18,20H,3-4,7-9,12-14H2,1-2H3. The predicted molar refractivity (Wildman–Crippen MR) is 92.0 cm³/mol. The van der Waals surface area contributed by atoms with Gasteiger partial charge < -0.3 is 10.2 Å². The van der Waals surface area contributed by atoms with E-state index in [1.165, 1.54) is 44.3 Å². The van der Waals surface area contributed by atoms with Gasteiger partial charge in [-0.25, -0.2) is 0 Å². The number of hydrogen-bond donors (Lipinski definition) is 1. The molecule has 2 unspecified atom stereocenters. The van der Waals surface area contributed by atoms with Crippen LogP contribution in [0.2, 0.25) is 5.02 Å². The summed E-state index contributed by atoms with van der Waals surface area (Å²) in [5.74, 6) is 0. The summed E-state index contributed by atoms with van der Waals surface area (Å²) in [5, 5.41) is 4.48. The summed E-state index contributed by atoms with van der Waals surface area (Å²) >= 11 is 6.38. The molecule has 1 aliphatic heterocycles. The van der Waals surface area contributed by atoms with Crippen LogP contribution in [-0.2, 0) is 0 Å². The van der Waals surface area contributed by atoms with Crippen LogP contribution in [0.5, 0.6) is 0 Å². The maximum atomic E-state index is 6.38. The second kappa shape index (κ2) is 8.77. The van der Waals surface area contributed by atoms with E-state index < -0.39 is 0 Å². The molecular weight excluding hydrogens is 280 g/mol. The molecule has 2 atom stereocenters. The topological polar surface area (TPSA) is 15.3 Å². The van der Waals surface area contributed by atoms with E-state index in [0.29, 0.717) is 6.04 Å². The molecule has 0 spiro atoms. The summed E-state index contributed by atoms with van der Waals surface area (Å²) in [6, 6.07) is 9.39. The number of rotatable bonds is 7. The van der Waals surface area contributed by atoms with Crippen LogP contribution in [0.1, 0.15) is 57.6 Å². The van der Waals surface area contributed by atoms with Gasteiger partial charge in [-0.15, -0.1) is 0 Å². The first kappa shape index (κ1) is 16.8. The van der Waals surface area contributed by atoms with Crippen molar-refractivity contribution < 1.29 is 0 Å². The van der Waals surface area contributed by atoms with Gasteiger partial charge in [0, 0.05) is 23.7 Å². The van der Waals surface area contributed by atoms with Crippen molar-refractivity contribution in [3.05, 3.63) is 34.9 Å². The van der Waals surface area contributed by atoms with Gasteiger partial charge in [-0.3, -0.25) is 0 Å². The van der Waals surface area contributed by atoms with Crippen molar-refractivity contribution >= 4 is 11.6 Å². The summed E-state index contributed by atoms with van der Waals surface area (Å²) in [4.78, 5) is 2.69. The molecule has 0 aliphatic carbocycles. The van der Waals surface area contributed by atoms with E-state index in [4.69, 9.17) is 11.6 Å². The van der Waals surface area contributed by atoms with E-state index in [1.807, 2.05) is 12.1 Å². The Balaban J connectivity index is 1.98. The highest BCUT2D eigenvalue weighted by Gasteiger charge is 2.22. The van der Waals surface area contributed by atoms with Crippen molar-refractivity contribution in [1.82, 2.24) is 10.2 Å². The van der Waals surface area contributed by atoms with Crippen molar-refractivity contribution in [2.24, 2.45) is 0 Å². The van der Waals surface area contributed by atoms with Gasteiger partial charge in [-0.2, -0.15) is 0 Å². The molecule has 0 radical (unpaired) electrons. The fourth-order valence-electron chi connectivity index (χ4n) is 3.48. The molecule has 1 heterocycles. The average molecular weight is 309 g/mol. The molecule has 2 nitrogen and oxygen atoms in total. The molecule has 1 aromatic rings. The third-order valence-corrected chi connectivity index (χ3v) is 5.00. The van der Waals surface area contributed by atoms with E-state index in [1.54, 1.807) is 0 Å². The number of halogens is 1. The monoisotopic (exact) mass is 308 g/mol. The molecular formula is C18H29ClN2. The summed E-state index contributed by atoms with van der Waals surface area (Å²) < 4.78 is 0. The summed E-state index contributed by atoms with van der Waals surface area (Å²) in [6.45, 7) is 7.90. The Hall–Kier alpha value is -0.570. The van der Waals surface area contributed by atoms with Gasteiger partial charge >= 0.3 is 0 Å². The van der Waals surface area contributed by atoms with Crippen molar-refractivity contribution in [1.29, 1.82) is 0 Å². The maximum Gasteiger partial charge on any atom is 0.0453 e. The predicted octanol–water partition coefficient (Wildman–Crippen LogP) is 4.65. The maximum absolute atomic E-state index is 6.38. The van der Waals surface area contributed by atoms with E-state index in [2.05, 4.69) is 36.2 Å². The second-order valence-corrected chi connectivity index (χ2v) is 6.42. The Morgan fingerprint density at radius 3 is 2.81 bits per heavy atom. The molecule has 1 aromatic carbocycles. The Bertz CT molecular complexity index is 421. The minimum Gasteiger partial charge on any atom is -0.310 e. The lowest BCUT2D eigenvalue weighted by atomic mass is 9.98. The highest BCUT2D eigenvalue weighted by Crippen LogP contribution is 2.27. The SMILES string of the molecule is CCNC(CCN1CCCCC1CC)c1ccccc1Cl. The summed E-state index contributed by atoms with van der Waals surface area (Å²) in [5.41, 5.74) is 1.24. The highest BCUT2D eigenvalue weighted by molar-refractivity contribution is 6.31. The third-order valence-electron chi connectivity index (χ3n) is 4.66. The van der Waals surface area contributed by atoms with Crippen LogP contribution in [-0.4, -0.2) is 30.6 Å². The van der Waals surface area contributed by atoms with Crippen molar-refractivity contribution in [3.8, 4) is 0 Å². The summed E-state index contributed by atoms with van der Waals surface area (Å²) in [7, 11) is 0. The van der Waals surface area contributed by atoms with Crippen LogP contribution in [0.15, 0.2) is 24.3 Å². The van der Waals surface area contributed by atoms with Gasteiger partial charge in [0.25, 0.3) is 0 Å². The fraction of sp³-hybridized carbons (Fsp3) is 0.667. The fourth-order valence-corrected chi connectivity index (χ4v) is 3.75. The normalized spacial score (nSPS) is 21.4. The molecule has 0 amide bonds. The van der Waals surface area contributed by atoms with Gasteiger partial charge in [0.2, 0.25) is 0 Å². The van der Waals surface area contributed by atoms with Crippen LogP contribution in [0.25, 0.3) is 0 Å². The number of nitrogens with one attached hydrogen (secondary N) is 1. The van der Waals surface area contributed by atoms with Crippen LogP contribution in [0, 0.1) is 0 Å². The molecule has 1 aliphatic rings. The Labute approximate surface area is 134 Å². The zero-order valence-corrected chi connectivity index (χ0v) is 14.2. The van der Waals surface area contributed by atoms with Crippen LogP contribution >= 0.6 is 11.6 Å². The van der Waals surface area contributed by atoms with Crippen molar-refractivity contribution in [2.75, 3.05) is 19.6 Å². The Kier molecular flexibility index (Phi) is 7.01. The molecule has 1 saturated heterocycles. The smallest absolute Gasteiger partial charge is 0.0453 e. The number of piperidine rings is 1. The Morgan fingerprint density at radius 2 is 2.10 bits per heavy atom. The first-order valence-corrected chi connectivity index (χ1v) is 8.85. The Morgan fingerprint density at radius 1 is 1.29 bits per heavy atom. The number of likely N-dealkylation sites (tertiary alicyclic amines) is 1. The first-order valence-electron chi connectivity index (χ1n) is 8.48. The summed E-state index contributed by atoms with van der Waals surface area (Å²) in [6.07, 6.45) is 6.53. The van der Waals surface area contributed by atoms with Crippen molar-refractivity contribution in [2.45, 2.75) is 58.0 Å². The van der Waals surface area contributed by atoms with Gasteiger partial charge in [0.1, 0.15) is 0 Å². The quantitative estimate of drug-likeness (QED) is 0.789. The number of hydrogen-bond acceptors (Lipinski definition) is 2. The van der Waals surface area contributed by atoms with E-state index in [-0.39, 0.29) is 0 Å². The van der Waals surface area contributed by atoms with Gasteiger partial charge in [0.05, 0.1) is 0 Å². The molecule has 3 heteroatoms. The molecule has 0 bridgehead atoms. The first-order chi connectivity index (χ1) is 10.3. The van der Waals surface area contributed by atoms with Crippen LogP contribution in [0.3, 0.4) is 0 Å². The zero-order chi connectivity index (χ0) is 15.1. The van der Waals surface area contributed by atoms with Gasteiger partial charge in [-0.05, 0) is 50.4 Å².